The fourth-order valence-corrected chi connectivity index (χ4v) is 4.63. The molecule has 0 saturated carbocycles. The molecule has 1 fully saturated rings. The van der Waals surface area contributed by atoms with Crippen LogP contribution in [-0.2, 0) is 11.2 Å². The highest BCUT2D eigenvalue weighted by Gasteiger charge is 2.31. The first-order valence-electron chi connectivity index (χ1n) is 9.43. The molecule has 3 aliphatic rings. The van der Waals surface area contributed by atoms with E-state index in [1.807, 2.05) is 17.0 Å². The Morgan fingerprint density at radius 3 is 2.85 bits per heavy atom. The van der Waals surface area contributed by atoms with Gasteiger partial charge in [-0.1, -0.05) is 12.2 Å². The van der Waals surface area contributed by atoms with Crippen LogP contribution in [0.5, 0.6) is 0 Å². The third kappa shape index (κ3) is 2.81. The second-order valence-electron chi connectivity index (χ2n) is 7.46. The van der Waals surface area contributed by atoms with Crippen LogP contribution in [0.2, 0.25) is 0 Å². The van der Waals surface area contributed by atoms with E-state index < -0.39 is 0 Å². The maximum atomic E-state index is 11.9. The van der Waals surface area contributed by atoms with Crippen molar-refractivity contribution < 1.29 is 9.59 Å². The Balaban J connectivity index is 1.65. The van der Waals surface area contributed by atoms with E-state index in [-0.39, 0.29) is 17.9 Å². The number of fused-ring (bicyclic) bond motifs is 2. The number of rotatable bonds is 4. The van der Waals surface area contributed by atoms with Crippen molar-refractivity contribution in [3.8, 4) is 0 Å². The smallest absolute Gasteiger partial charge is 0.249 e. The SMILES string of the molecule is C=CC(=O)N1CC[C@H](Nc2ccc(C(N)=O)c3c2C2=C(CCCC2)C3)C1. The molecule has 0 aromatic heterocycles. The van der Waals surface area contributed by atoms with Gasteiger partial charge in [-0.3, -0.25) is 9.59 Å². The largest absolute Gasteiger partial charge is 0.380 e. The van der Waals surface area contributed by atoms with Gasteiger partial charge in [0.05, 0.1) is 0 Å². The second kappa shape index (κ2) is 6.63. The third-order valence-electron chi connectivity index (χ3n) is 5.89. The lowest BCUT2D eigenvalue weighted by Crippen LogP contribution is -2.30. The maximum absolute atomic E-state index is 11.9. The minimum absolute atomic E-state index is 0.0131. The predicted molar refractivity (Wildman–Crippen MR) is 103 cm³/mol. The molecule has 1 aromatic carbocycles. The summed E-state index contributed by atoms with van der Waals surface area (Å²) >= 11 is 0. The van der Waals surface area contributed by atoms with E-state index >= 15 is 0 Å². The molecule has 1 heterocycles. The fraction of sp³-hybridized carbons (Fsp3) is 0.429. The summed E-state index contributed by atoms with van der Waals surface area (Å²) in [5, 5.41) is 3.63. The highest BCUT2D eigenvalue weighted by atomic mass is 16.2. The van der Waals surface area contributed by atoms with Gasteiger partial charge >= 0.3 is 0 Å². The molecule has 0 unspecified atom stereocenters. The standard InChI is InChI=1S/C21H25N3O2/c1-2-19(25)24-10-9-14(12-24)23-18-8-7-16(21(22)26)17-11-13-5-3-4-6-15(13)20(17)18/h2,7-8,14,23H,1,3-6,9-12H2,(H2,22,26)/t14-/m0/s1. The monoisotopic (exact) mass is 351 g/mol. The Kier molecular flexibility index (Phi) is 4.31. The van der Waals surface area contributed by atoms with Crippen molar-refractivity contribution in [3.05, 3.63) is 47.1 Å². The number of hydrogen-bond donors (Lipinski definition) is 2. The van der Waals surface area contributed by atoms with Crippen molar-refractivity contribution in [2.75, 3.05) is 18.4 Å². The summed E-state index contributed by atoms with van der Waals surface area (Å²) in [6, 6.07) is 4.06. The molecular weight excluding hydrogens is 326 g/mol. The highest BCUT2D eigenvalue weighted by Crippen LogP contribution is 2.46. The molecule has 2 aliphatic carbocycles. The molecule has 1 atom stereocenters. The van der Waals surface area contributed by atoms with Crippen LogP contribution in [0.1, 0.15) is 53.6 Å². The summed E-state index contributed by atoms with van der Waals surface area (Å²) < 4.78 is 0. The molecule has 136 valence electrons. The molecule has 1 aromatic rings. The summed E-state index contributed by atoms with van der Waals surface area (Å²) in [7, 11) is 0. The zero-order valence-corrected chi connectivity index (χ0v) is 15.0. The van der Waals surface area contributed by atoms with Crippen molar-refractivity contribution in [2.45, 2.75) is 44.6 Å². The molecule has 3 N–H and O–H groups in total. The summed E-state index contributed by atoms with van der Waals surface area (Å²) in [5.41, 5.74) is 12.5. The average molecular weight is 351 g/mol. The maximum Gasteiger partial charge on any atom is 0.249 e. The van der Waals surface area contributed by atoms with Gasteiger partial charge < -0.3 is 16.0 Å². The first-order chi connectivity index (χ1) is 12.6. The number of nitrogens with two attached hydrogens (primary N) is 1. The number of anilines is 1. The minimum atomic E-state index is -0.351. The minimum Gasteiger partial charge on any atom is -0.380 e. The zero-order valence-electron chi connectivity index (χ0n) is 15.0. The number of benzene rings is 1. The number of nitrogens with one attached hydrogen (secondary N) is 1. The fourth-order valence-electron chi connectivity index (χ4n) is 4.63. The van der Waals surface area contributed by atoms with Gasteiger partial charge in [-0.15, -0.1) is 0 Å². The molecule has 2 amide bonds. The number of primary amides is 1. The normalized spacial score (nSPS) is 21.4. The van der Waals surface area contributed by atoms with Crippen molar-refractivity contribution in [1.29, 1.82) is 0 Å². The number of allylic oxidation sites excluding steroid dienone is 2. The Hall–Kier alpha value is -2.56. The molecule has 5 heteroatoms. The van der Waals surface area contributed by atoms with Crippen molar-refractivity contribution in [1.82, 2.24) is 4.90 Å². The molecule has 0 radical (unpaired) electrons. The molecule has 1 aliphatic heterocycles. The van der Waals surface area contributed by atoms with Gasteiger partial charge in [0.1, 0.15) is 0 Å². The summed E-state index contributed by atoms with van der Waals surface area (Å²) in [5.74, 6) is -0.364. The summed E-state index contributed by atoms with van der Waals surface area (Å²) in [6.45, 7) is 5.00. The van der Waals surface area contributed by atoms with E-state index in [4.69, 9.17) is 5.73 Å². The van der Waals surface area contributed by atoms with E-state index in [0.717, 1.165) is 43.5 Å². The van der Waals surface area contributed by atoms with E-state index in [9.17, 15) is 9.59 Å². The van der Waals surface area contributed by atoms with Gasteiger partial charge in [0.15, 0.2) is 0 Å². The molecule has 4 rings (SSSR count). The van der Waals surface area contributed by atoms with E-state index in [1.165, 1.54) is 35.6 Å². The lowest BCUT2D eigenvalue weighted by molar-refractivity contribution is -0.125. The summed E-state index contributed by atoms with van der Waals surface area (Å²) in [6.07, 6.45) is 7.76. The van der Waals surface area contributed by atoms with Crippen LogP contribution < -0.4 is 11.1 Å². The van der Waals surface area contributed by atoms with E-state index in [2.05, 4.69) is 11.9 Å². The second-order valence-corrected chi connectivity index (χ2v) is 7.46. The predicted octanol–water partition coefficient (Wildman–Crippen LogP) is 2.87. The number of carbonyl (C=O) groups excluding carboxylic acids is 2. The van der Waals surface area contributed by atoms with Crippen LogP contribution in [0.3, 0.4) is 0 Å². The van der Waals surface area contributed by atoms with Crippen LogP contribution >= 0.6 is 0 Å². The Labute approximate surface area is 153 Å². The van der Waals surface area contributed by atoms with Gasteiger partial charge in [-0.2, -0.15) is 0 Å². The molecular formula is C21H25N3O2. The van der Waals surface area contributed by atoms with Crippen molar-refractivity contribution in [2.24, 2.45) is 5.73 Å². The lowest BCUT2D eigenvalue weighted by Gasteiger charge is -2.21. The van der Waals surface area contributed by atoms with Crippen LogP contribution in [0.25, 0.3) is 5.57 Å². The number of amides is 2. The van der Waals surface area contributed by atoms with E-state index in [1.54, 1.807) is 0 Å². The molecule has 0 bridgehead atoms. The summed E-state index contributed by atoms with van der Waals surface area (Å²) in [4.78, 5) is 25.6. The molecule has 1 saturated heterocycles. The topological polar surface area (TPSA) is 75.4 Å². The van der Waals surface area contributed by atoms with Crippen LogP contribution in [0, 0.1) is 0 Å². The average Bonchev–Trinajstić information content (AvgIpc) is 3.25. The van der Waals surface area contributed by atoms with Crippen molar-refractivity contribution >= 4 is 23.1 Å². The lowest BCUT2D eigenvalue weighted by atomic mass is 9.91. The van der Waals surface area contributed by atoms with Gasteiger partial charge in [0.2, 0.25) is 11.8 Å². The first kappa shape index (κ1) is 16.9. The number of hydrogen-bond acceptors (Lipinski definition) is 3. The number of nitrogens with zero attached hydrogens (tertiary/aromatic N) is 1. The zero-order chi connectivity index (χ0) is 18.3. The molecule has 26 heavy (non-hydrogen) atoms. The van der Waals surface area contributed by atoms with Crippen LogP contribution in [-0.4, -0.2) is 35.8 Å². The van der Waals surface area contributed by atoms with Gasteiger partial charge in [-0.05, 0) is 67.9 Å². The first-order valence-corrected chi connectivity index (χ1v) is 9.43. The number of likely N-dealkylation sites (tertiary alicyclic amines) is 1. The van der Waals surface area contributed by atoms with Gasteiger partial charge in [-0.25, -0.2) is 0 Å². The molecule has 0 spiro atoms. The van der Waals surface area contributed by atoms with Gasteiger partial charge in [0.25, 0.3) is 0 Å². The van der Waals surface area contributed by atoms with Crippen molar-refractivity contribution in [3.63, 3.8) is 0 Å². The van der Waals surface area contributed by atoms with Crippen LogP contribution in [0.4, 0.5) is 5.69 Å². The molecule has 5 nitrogen and oxygen atoms in total. The quantitative estimate of drug-likeness (QED) is 0.819. The Bertz CT molecular complexity index is 825. The Morgan fingerprint density at radius 1 is 1.27 bits per heavy atom. The van der Waals surface area contributed by atoms with Gasteiger partial charge in [0, 0.05) is 35.9 Å². The Morgan fingerprint density at radius 2 is 2.08 bits per heavy atom. The van der Waals surface area contributed by atoms with E-state index in [0.29, 0.717) is 12.1 Å². The van der Waals surface area contributed by atoms with Crippen LogP contribution in [0.15, 0.2) is 30.4 Å². The highest BCUT2D eigenvalue weighted by molar-refractivity contribution is 5.99. The number of carbonyl (C=O) groups is 2. The third-order valence-corrected chi connectivity index (χ3v) is 5.89.